The van der Waals surface area contributed by atoms with Gasteiger partial charge in [-0.15, -0.1) is 0 Å². The van der Waals surface area contributed by atoms with Crippen molar-refractivity contribution in [3.05, 3.63) is 42.0 Å². The van der Waals surface area contributed by atoms with Crippen LogP contribution in [0.5, 0.6) is 5.75 Å². The fourth-order valence-electron chi connectivity index (χ4n) is 1.45. The molecule has 0 bridgehead atoms. The zero-order chi connectivity index (χ0) is 14.1. The number of aromatic hydroxyl groups is 1. The van der Waals surface area contributed by atoms with Crippen LogP contribution in [0.1, 0.15) is 45.0 Å². The van der Waals surface area contributed by atoms with Crippen LogP contribution in [0, 0.1) is 0 Å². The van der Waals surface area contributed by atoms with Crippen molar-refractivity contribution < 1.29 is 9.90 Å². The predicted octanol–water partition coefficient (Wildman–Crippen LogP) is 4.80. The Morgan fingerprint density at radius 3 is 1.94 bits per heavy atom. The quantitative estimate of drug-likeness (QED) is 0.734. The highest BCUT2D eigenvalue weighted by Crippen LogP contribution is 2.21. The van der Waals surface area contributed by atoms with E-state index in [0.29, 0.717) is 5.56 Å². The lowest BCUT2D eigenvalue weighted by atomic mass is 10.0. The summed E-state index contributed by atoms with van der Waals surface area (Å²) >= 11 is 0. The fourth-order valence-corrected chi connectivity index (χ4v) is 1.45. The van der Waals surface area contributed by atoms with Crippen molar-refractivity contribution in [2.45, 2.75) is 34.6 Å². The Labute approximate surface area is 109 Å². The number of phenolic OH excluding ortho intramolecular Hbond substituents is 1. The zero-order valence-corrected chi connectivity index (χ0v) is 11.8. The Hall–Kier alpha value is -1.83. The summed E-state index contributed by atoms with van der Waals surface area (Å²) in [4.78, 5) is 11.1. The summed E-state index contributed by atoms with van der Waals surface area (Å²) in [6.45, 7) is 9.54. The van der Waals surface area contributed by atoms with Crippen molar-refractivity contribution in [2.75, 3.05) is 0 Å². The summed E-state index contributed by atoms with van der Waals surface area (Å²) in [5.74, 6) is 0.299. The van der Waals surface area contributed by atoms with Crippen molar-refractivity contribution in [2.24, 2.45) is 0 Å². The lowest BCUT2D eigenvalue weighted by Gasteiger charge is -2.00. The molecule has 0 aliphatic heterocycles. The highest BCUT2D eigenvalue weighted by molar-refractivity contribution is 5.98. The number of rotatable bonds is 1. The highest BCUT2D eigenvalue weighted by atomic mass is 16.3. The molecule has 0 amide bonds. The van der Waals surface area contributed by atoms with Gasteiger partial charge in [-0.2, -0.15) is 0 Å². The molecule has 98 valence electrons. The van der Waals surface area contributed by atoms with E-state index in [9.17, 15) is 9.90 Å². The van der Waals surface area contributed by atoms with Crippen molar-refractivity contribution in [1.82, 2.24) is 0 Å². The van der Waals surface area contributed by atoms with Gasteiger partial charge in [-0.3, -0.25) is 4.79 Å². The average molecular weight is 246 g/mol. The molecule has 18 heavy (non-hydrogen) atoms. The maximum atomic E-state index is 11.1. The van der Waals surface area contributed by atoms with E-state index in [1.807, 2.05) is 39.8 Å². The molecule has 2 aromatic rings. The first-order valence-electron chi connectivity index (χ1n) is 6.40. The Balaban J connectivity index is 0.000000659. The molecule has 2 nitrogen and oxygen atoms in total. The van der Waals surface area contributed by atoms with Crippen LogP contribution >= 0.6 is 0 Å². The van der Waals surface area contributed by atoms with Crippen LogP contribution < -0.4 is 0 Å². The third kappa shape index (κ3) is 4.21. The molecule has 0 aliphatic rings. The van der Waals surface area contributed by atoms with E-state index in [2.05, 4.69) is 0 Å². The first kappa shape index (κ1) is 16.2. The Bertz CT molecular complexity index is 501. The van der Waals surface area contributed by atoms with Crippen molar-refractivity contribution in [3.63, 3.8) is 0 Å². The monoisotopic (exact) mass is 246 g/mol. The minimum atomic E-state index is 0.0555. The SMILES string of the molecule is CC.CC.CC(=O)c1ccc2cc(O)ccc2c1. The molecule has 0 spiro atoms. The molecule has 2 heteroatoms. The van der Waals surface area contributed by atoms with E-state index in [1.54, 1.807) is 31.2 Å². The molecule has 0 heterocycles. The Morgan fingerprint density at radius 2 is 1.39 bits per heavy atom. The molecule has 0 saturated carbocycles. The molecule has 0 aliphatic carbocycles. The summed E-state index contributed by atoms with van der Waals surface area (Å²) in [7, 11) is 0. The first-order chi connectivity index (χ1) is 8.66. The number of ketones is 1. The van der Waals surface area contributed by atoms with E-state index in [1.165, 1.54) is 0 Å². The van der Waals surface area contributed by atoms with Crippen molar-refractivity contribution in [3.8, 4) is 5.75 Å². The maximum absolute atomic E-state index is 11.1. The highest BCUT2D eigenvalue weighted by Gasteiger charge is 2.00. The molecular formula is C16H22O2. The molecule has 0 atom stereocenters. The van der Waals surface area contributed by atoms with Gasteiger partial charge in [0.25, 0.3) is 0 Å². The number of carbonyl (C=O) groups is 1. The Morgan fingerprint density at radius 1 is 0.889 bits per heavy atom. The number of hydrogen-bond donors (Lipinski definition) is 1. The second kappa shape index (κ2) is 8.29. The van der Waals surface area contributed by atoms with Crippen LogP contribution in [0.25, 0.3) is 10.8 Å². The second-order valence-corrected chi connectivity index (χ2v) is 3.30. The molecule has 0 aromatic heterocycles. The lowest BCUT2D eigenvalue weighted by Crippen LogP contribution is -1.90. The number of benzene rings is 2. The van der Waals surface area contributed by atoms with Crippen LogP contribution in [-0.4, -0.2) is 10.9 Å². The van der Waals surface area contributed by atoms with Crippen molar-refractivity contribution in [1.29, 1.82) is 0 Å². The number of Topliss-reactive ketones (excluding diaryl/α,β-unsaturated/α-hetero) is 1. The van der Waals surface area contributed by atoms with Crippen LogP contribution in [-0.2, 0) is 0 Å². The van der Waals surface area contributed by atoms with E-state index >= 15 is 0 Å². The van der Waals surface area contributed by atoms with Gasteiger partial charge in [0.2, 0.25) is 0 Å². The van der Waals surface area contributed by atoms with Gasteiger partial charge in [-0.05, 0) is 35.9 Å². The molecule has 2 rings (SSSR count). The smallest absolute Gasteiger partial charge is 0.159 e. The molecular weight excluding hydrogens is 224 g/mol. The minimum absolute atomic E-state index is 0.0555. The Kier molecular flexibility index (Phi) is 7.45. The average Bonchev–Trinajstić information content (AvgIpc) is 2.42. The van der Waals surface area contributed by atoms with E-state index in [0.717, 1.165) is 10.8 Å². The van der Waals surface area contributed by atoms with Gasteiger partial charge >= 0.3 is 0 Å². The van der Waals surface area contributed by atoms with Gasteiger partial charge in [-0.25, -0.2) is 0 Å². The summed E-state index contributed by atoms with van der Waals surface area (Å²) in [6, 6.07) is 10.5. The predicted molar refractivity (Wildman–Crippen MR) is 78.3 cm³/mol. The summed E-state index contributed by atoms with van der Waals surface area (Å²) < 4.78 is 0. The van der Waals surface area contributed by atoms with Gasteiger partial charge in [0.05, 0.1) is 0 Å². The number of hydrogen-bond acceptors (Lipinski definition) is 2. The number of carbonyl (C=O) groups excluding carboxylic acids is 1. The summed E-state index contributed by atoms with van der Waals surface area (Å²) in [5.41, 5.74) is 0.697. The topological polar surface area (TPSA) is 37.3 Å². The van der Waals surface area contributed by atoms with Gasteiger partial charge < -0.3 is 5.11 Å². The van der Waals surface area contributed by atoms with Gasteiger partial charge in [0, 0.05) is 5.56 Å². The van der Waals surface area contributed by atoms with Crippen LogP contribution in [0.3, 0.4) is 0 Å². The third-order valence-electron chi connectivity index (χ3n) is 2.23. The standard InChI is InChI=1S/C12H10O2.2C2H6/c1-8(13)9-2-3-11-7-12(14)5-4-10(11)6-9;2*1-2/h2-7,14H,1H3;2*1-2H3. The number of phenols is 1. The maximum Gasteiger partial charge on any atom is 0.159 e. The second-order valence-electron chi connectivity index (χ2n) is 3.30. The van der Waals surface area contributed by atoms with Crippen molar-refractivity contribution >= 4 is 16.6 Å². The largest absolute Gasteiger partial charge is 0.508 e. The van der Waals surface area contributed by atoms with Crippen LogP contribution in [0.2, 0.25) is 0 Å². The third-order valence-corrected chi connectivity index (χ3v) is 2.23. The summed E-state index contributed by atoms with van der Waals surface area (Å²) in [6.07, 6.45) is 0. The molecule has 2 aromatic carbocycles. The van der Waals surface area contributed by atoms with Gasteiger partial charge in [-0.1, -0.05) is 45.9 Å². The number of fused-ring (bicyclic) bond motifs is 1. The van der Waals surface area contributed by atoms with Crippen LogP contribution in [0.15, 0.2) is 36.4 Å². The normalized spacial score (nSPS) is 8.72. The first-order valence-corrected chi connectivity index (χ1v) is 6.40. The molecule has 0 fully saturated rings. The lowest BCUT2D eigenvalue weighted by molar-refractivity contribution is 0.101. The zero-order valence-electron chi connectivity index (χ0n) is 11.8. The molecule has 1 N–H and O–H groups in total. The molecule has 0 saturated heterocycles. The molecule has 0 radical (unpaired) electrons. The van der Waals surface area contributed by atoms with E-state index in [-0.39, 0.29) is 11.5 Å². The minimum Gasteiger partial charge on any atom is -0.508 e. The molecule has 0 unspecified atom stereocenters. The van der Waals surface area contributed by atoms with Crippen LogP contribution in [0.4, 0.5) is 0 Å². The van der Waals surface area contributed by atoms with E-state index in [4.69, 9.17) is 0 Å². The van der Waals surface area contributed by atoms with Gasteiger partial charge in [0.1, 0.15) is 5.75 Å². The fraction of sp³-hybridized carbons (Fsp3) is 0.312. The summed E-state index contributed by atoms with van der Waals surface area (Å²) in [5, 5.41) is 11.1. The van der Waals surface area contributed by atoms with E-state index < -0.39 is 0 Å². The van der Waals surface area contributed by atoms with Gasteiger partial charge in [0.15, 0.2) is 5.78 Å².